The smallest absolute Gasteiger partial charge is 0.296 e. The molecule has 0 amide bonds. The molecule has 1 aromatic carbocycles. The third-order valence-electron chi connectivity index (χ3n) is 3.81. The van der Waals surface area contributed by atoms with Crippen LogP contribution in [0.2, 0.25) is 0 Å². The van der Waals surface area contributed by atoms with Gasteiger partial charge in [-0.2, -0.15) is 0 Å². The monoisotopic (exact) mass is 293 g/mol. The van der Waals surface area contributed by atoms with E-state index in [1.165, 1.54) is 39.1 Å². The second-order valence-corrected chi connectivity index (χ2v) is 5.63. The second-order valence-electron chi connectivity index (χ2n) is 5.63. The summed E-state index contributed by atoms with van der Waals surface area (Å²) in [5.41, 5.74) is 0.608. The molecule has 0 aliphatic carbocycles. The highest BCUT2D eigenvalue weighted by molar-refractivity contribution is 5.63. The van der Waals surface area contributed by atoms with Crippen molar-refractivity contribution in [1.82, 2.24) is 4.90 Å². The van der Waals surface area contributed by atoms with Crippen molar-refractivity contribution in [1.29, 1.82) is 0 Å². The molecule has 0 aromatic heterocycles. The summed E-state index contributed by atoms with van der Waals surface area (Å²) in [6.07, 6.45) is 2.56. The molecular weight excluding hydrogens is 270 g/mol. The zero-order valence-corrected chi connectivity index (χ0v) is 12.7. The molecule has 1 saturated heterocycles. The van der Waals surface area contributed by atoms with Crippen LogP contribution in [0.5, 0.6) is 5.75 Å². The van der Waals surface area contributed by atoms with Crippen molar-refractivity contribution in [3.05, 3.63) is 28.3 Å². The van der Waals surface area contributed by atoms with Crippen LogP contribution in [-0.2, 0) is 0 Å². The van der Waals surface area contributed by atoms with Crippen LogP contribution in [0.3, 0.4) is 0 Å². The Morgan fingerprint density at radius 3 is 2.76 bits per heavy atom. The molecule has 2 rings (SSSR count). The molecular formula is C15H23N3O3. The minimum Gasteiger partial charge on any atom is -0.496 e. The Labute approximate surface area is 125 Å². The number of nitro groups is 1. The third kappa shape index (κ3) is 4.32. The van der Waals surface area contributed by atoms with E-state index >= 15 is 0 Å². The highest BCUT2D eigenvalue weighted by Crippen LogP contribution is 2.29. The number of ether oxygens (including phenoxy) is 1. The maximum Gasteiger partial charge on any atom is 0.296 e. The third-order valence-corrected chi connectivity index (χ3v) is 3.81. The van der Waals surface area contributed by atoms with Gasteiger partial charge in [0.2, 0.25) is 0 Å². The van der Waals surface area contributed by atoms with Gasteiger partial charge >= 0.3 is 0 Å². The molecule has 1 N–H and O–H groups in total. The van der Waals surface area contributed by atoms with E-state index in [2.05, 4.69) is 17.1 Å². The first-order valence-corrected chi connectivity index (χ1v) is 7.39. The molecule has 0 bridgehead atoms. The van der Waals surface area contributed by atoms with Crippen molar-refractivity contribution in [3.63, 3.8) is 0 Å². The SMILES string of the molecule is COc1ccc(NCC(C)CN2CCCC2)c([N+](=O)[O-])c1. The molecule has 0 spiro atoms. The summed E-state index contributed by atoms with van der Waals surface area (Å²) >= 11 is 0. The van der Waals surface area contributed by atoms with Gasteiger partial charge in [0.25, 0.3) is 5.69 Å². The highest BCUT2D eigenvalue weighted by Gasteiger charge is 2.17. The van der Waals surface area contributed by atoms with Crippen LogP contribution < -0.4 is 10.1 Å². The molecule has 0 radical (unpaired) electrons. The lowest BCUT2D eigenvalue weighted by molar-refractivity contribution is -0.384. The number of nitrogens with one attached hydrogen (secondary N) is 1. The number of nitrogens with zero attached hydrogens (tertiary/aromatic N) is 2. The van der Waals surface area contributed by atoms with Gasteiger partial charge in [-0.15, -0.1) is 0 Å². The first-order valence-electron chi connectivity index (χ1n) is 7.39. The molecule has 1 aromatic rings. The maximum absolute atomic E-state index is 11.1. The molecule has 116 valence electrons. The second kappa shape index (κ2) is 7.26. The molecule has 1 fully saturated rings. The van der Waals surface area contributed by atoms with Gasteiger partial charge in [0.05, 0.1) is 18.1 Å². The standard InChI is InChI=1S/C15H23N3O3/c1-12(11-17-7-3-4-8-17)10-16-14-6-5-13(21-2)9-15(14)18(19)20/h5-6,9,12,16H,3-4,7-8,10-11H2,1-2H3. The summed E-state index contributed by atoms with van der Waals surface area (Å²) in [5.74, 6) is 0.946. The lowest BCUT2D eigenvalue weighted by Crippen LogP contribution is -2.28. The Morgan fingerprint density at radius 1 is 1.43 bits per heavy atom. The summed E-state index contributed by atoms with van der Waals surface area (Å²) in [5, 5.41) is 14.3. The quantitative estimate of drug-likeness (QED) is 0.618. The fraction of sp³-hybridized carbons (Fsp3) is 0.600. The Balaban J connectivity index is 1.93. The van der Waals surface area contributed by atoms with Crippen LogP contribution >= 0.6 is 0 Å². The summed E-state index contributed by atoms with van der Waals surface area (Å²) < 4.78 is 5.04. The number of nitro benzene ring substituents is 1. The number of benzene rings is 1. The molecule has 1 unspecified atom stereocenters. The van der Waals surface area contributed by atoms with Crippen LogP contribution in [0.4, 0.5) is 11.4 Å². The normalized spacial score (nSPS) is 16.7. The highest BCUT2D eigenvalue weighted by atomic mass is 16.6. The Hall–Kier alpha value is -1.82. The van der Waals surface area contributed by atoms with E-state index in [0.29, 0.717) is 17.4 Å². The number of anilines is 1. The Bertz CT molecular complexity index is 487. The van der Waals surface area contributed by atoms with Crippen molar-refractivity contribution in [3.8, 4) is 5.75 Å². The van der Waals surface area contributed by atoms with Gasteiger partial charge in [-0.3, -0.25) is 10.1 Å². The van der Waals surface area contributed by atoms with Crippen molar-refractivity contribution >= 4 is 11.4 Å². The topological polar surface area (TPSA) is 67.6 Å². The minimum atomic E-state index is -0.379. The summed E-state index contributed by atoms with van der Waals surface area (Å²) in [7, 11) is 1.50. The van der Waals surface area contributed by atoms with E-state index in [4.69, 9.17) is 4.74 Å². The van der Waals surface area contributed by atoms with E-state index in [0.717, 1.165) is 13.1 Å². The van der Waals surface area contributed by atoms with E-state index in [9.17, 15) is 10.1 Å². The van der Waals surface area contributed by atoms with E-state index in [1.54, 1.807) is 12.1 Å². The molecule has 1 heterocycles. The Kier molecular flexibility index (Phi) is 5.38. The van der Waals surface area contributed by atoms with Gasteiger partial charge in [0.1, 0.15) is 11.4 Å². The minimum absolute atomic E-state index is 0.0581. The van der Waals surface area contributed by atoms with Crippen molar-refractivity contribution in [2.24, 2.45) is 5.92 Å². The van der Waals surface area contributed by atoms with Crippen molar-refractivity contribution in [2.45, 2.75) is 19.8 Å². The van der Waals surface area contributed by atoms with Crippen LogP contribution in [-0.4, -0.2) is 43.1 Å². The van der Waals surface area contributed by atoms with Crippen LogP contribution in [0, 0.1) is 16.0 Å². The van der Waals surface area contributed by atoms with E-state index in [1.807, 2.05) is 0 Å². The molecule has 1 atom stereocenters. The molecule has 21 heavy (non-hydrogen) atoms. The molecule has 1 aliphatic heterocycles. The summed E-state index contributed by atoms with van der Waals surface area (Å²) in [4.78, 5) is 13.2. The van der Waals surface area contributed by atoms with E-state index < -0.39 is 0 Å². The zero-order chi connectivity index (χ0) is 15.2. The lowest BCUT2D eigenvalue weighted by Gasteiger charge is -2.20. The molecule has 0 saturated carbocycles. The first kappa shape index (κ1) is 15.6. The van der Waals surface area contributed by atoms with Gasteiger partial charge in [0, 0.05) is 13.1 Å². The largest absolute Gasteiger partial charge is 0.496 e. The summed E-state index contributed by atoms with van der Waals surface area (Å²) in [6, 6.07) is 4.90. The van der Waals surface area contributed by atoms with Crippen LogP contribution in [0.25, 0.3) is 0 Å². The number of hydrogen-bond donors (Lipinski definition) is 1. The molecule has 6 nitrogen and oxygen atoms in total. The maximum atomic E-state index is 11.1. The van der Waals surface area contributed by atoms with Crippen molar-refractivity contribution in [2.75, 3.05) is 38.6 Å². The zero-order valence-electron chi connectivity index (χ0n) is 12.7. The molecule has 1 aliphatic rings. The van der Waals surface area contributed by atoms with Crippen LogP contribution in [0.15, 0.2) is 18.2 Å². The Morgan fingerprint density at radius 2 is 2.14 bits per heavy atom. The van der Waals surface area contributed by atoms with Gasteiger partial charge < -0.3 is 15.0 Å². The molecule has 6 heteroatoms. The predicted octanol–water partition coefficient (Wildman–Crippen LogP) is 2.75. The van der Waals surface area contributed by atoms with Gasteiger partial charge in [-0.1, -0.05) is 6.92 Å². The number of rotatable bonds is 7. The fourth-order valence-corrected chi connectivity index (χ4v) is 2.69. The average molecular weight is 293 g/mol. The van der Waals surface area contributed by atoms with E-state index in [-0.39, 0.29) is 10.6 Å². The van der Waals surface area contributed by atoms with Crippen molar-refractivity contribution < 1.29 is 9.66 Å². The van der Waals surface area contributed by atoms with Crippen LogP contribution in [0.1, 0.15) is 19.8 Å². The van der Waals surface area contributed by atoms with Gasteiger partial charge in [-0.25, -0.2) is 0 Å². The first-order chi connectivity index (χ1) is 10.1. The average Bonchev–Trinajstić information content (AvgIpc) is 2.97. The predicted molar refractivity (Wildman–Crippen MR) is 83.0 cm³/mol. The van der Waals surface area contributed by atoms with Gasteiger partial charge in [0.15, 0.2) is 0 Å². The number of likely N-dealkylation sites (tertiary alicyclic amines) is 1. The summed E-state index contributed by atoms with van der Waals surface area (Å²) in [6.45, 7) is 6.28. The lowest BCUT2D eigenvalue weighted by atomic mass is 10.1. The van der Waals surface area contributed by atoms with Gasteiger partial charge in [-0.05, 0) is 44.0 Å². The fourth-order valence-electron chi connectivity index (χ4n) is 2.69. The number of methoxy groups -OCH3 is 1. The number of hydrogen-bond acceptors (Lipinski definition) is 5.